The molecule has 1 amide bonds. The third-order valence-corrected chi connectivity index (χ3v) is 10.2. The van der Waals surface area contributed by atoms with Crippen molar-refractivity contribution < 1.29 is 43.4 Å². The van der Waals surface area contributed by atoms with E-state index in [4.69, 9.17) is 0 Å². The molecular formula is C31H45LiN2O5S2. The predicted octanol–water partition coefficient (Wildman–Crippen LogP) is 2.58. The number of carbonyl (C=O) groups excluding carboxylic acids is 1. The van der Waals surface area contributed by atoms with Crippen LogP contribution in [0.5, 0.6) is 0 Å². The molecule has 1 fully saturated rings. The molecule has 7 nitrogen and oxygen atoms in total. The first kappa shape index (κ1) is 35.4. The van der Waals surface area contributed by atoms with Crippen LogP contribution in [0.4, 0.5) is 0 Å². The molecular weight excluding hydrogens is 551 g/mol. The van der Waals surface area contributed by atoms with Crippen LogP contribution >= 0.6 is 11.8 Å². The number of carbonyl (C=O) groups is 2. The van der Waals surface area contributed by atoms with Crippen LogP contribution in [0.25, 0.3) is 11.1 Å². The second-order valence-electron chi connectivity index (χ2n) is 10.9. The summed E-state index contributed by atoms with van der Waals surface area (Å²) in [5, 5.41) is 15.9. The van der Waals surface area contributed by atoms with Crippen molar-refractivity contribution in [3.8, 4) is 11.1 Å². The van der Waals surface area contributed by atoms with E-state index in [1.807, 2.05) is 49.6 Å². The average Bonchev–Trinajstić information content (AvgIpc) is 2.94. The van der Waals surface area contributed by atoms with Crippen molar-refractivity contribution in [1.82, 2.24) is 10.6 Å². The summed E-state index contributed by atoms with van der Waals surface area (Å²) in [5.74, 6) is -0.0480. The largest absolute Gasteiger partial charge is 1.00 e. The van der Waals surface area contributed by atoms with Gasteiger partial charge in [0.1, 0.15) is 6.04 Å². The minimum absolute atomic E-state index is 0. The molecule has 0 radical (unpaired) electrons. The molecule has 0 aromatic heterocycles. The quantitative estimate of drug-likeness (QED) is 0.271. The maximum absolute atomic E-state index is 13.4. The molecule has 1 aliphatic rings. The Kier molecular flexibility index (Phi) is 15.0. The molecule has 0 heterocycles. The van der Waals surface area contributed by atoms with Gasteiger partial charge in [-0.05, 0) is 72.1 Å². The number of nitrogens with one attached hydrogen (secondary N) is 2. The molecule has 0 saturated heterocycles. The van der Waals surface area contributed by atoms with Gasteiger partial charge in [0.05, 0.1) is 5.75 Å². The van der Waals surface area contributed by atoms with Crippen LogP contribution < -0.4 is 29.5 Å². The van der Waals surface area contributed by atoms with E-state index in [2.05, 4.69) is 10.6 Å². The van der Waals surface area contributed by atoms with E-state index in [1.54, 1.807) is 13.0 Å². The fourth-order valence-corrected chi connectivity index (χ4v) is 7.02. The molecule has 0 spiro atoms. The van der Waals surface area contributed by atoms with Gasteiger partial charge in [-0.1, -0.05) is 69.4 Å². The third kappa shape index (κ3) is 11.1. The van der Waals surface area contributed by atoms with Crippen LogP contribution in [-0.2, 0) is 21.2 Å². The monoisotopic (exact) mass is 596 g/mol. The van der Waals surface area contributed by atoms with Crippen molar-refractivity contribution in [2.24, 2.45) is 5.92 Å². The second-order valence-corrected chi connectivity index (χ2v) is 14.2. The minimum atomic E-state index is -3.14. The third-order valence-electron chi connectivity index (χ3n) is 7.81. The van der Waals surface area contributed by atoms with Crippen molar-refractivity contribution in [3.05, 3.63) is 59.2 Å². The van der Waals surface area contributed by atoms with Gasteiger partial charge in [0.2, 0.25) is 0 Å². The van der Waals surface area contributed by atoms with Crippen molar-refractivity contribution in [2.75, 3.05) is 23.5 Å². The second kappa shape index (κ2) is 17.4. The average molecular weight is 597 g/mol. The molecule has 2 aromatic carbocycles. The summed E-state index contributed by atoms with van der Waals surface area (Å²) in [5.41, 5.74) is 3.99. The van der Waals surface area contributed by atoms with E-state index >= 15 is 0 Å². The number of rotatable bonds is 15. The van der Waals surface area contributed by atoms with E-state index in [0.29, 0.717) is 30.2 Å². The Hall–Kier alpha value is -1.76. The standard InChI is InChI=1S/C31H44N2O5S2.Li.H/c1-4-40(37,38)21-25(18-23-11-6-5-7-12-23)32-20-24-14-15-27(28(19-24)26-13-9-8-10-22(26)2)30(34)33-29(31(35)36)16-17-39-3;;/h8-10,13-15,19,23,25,29,32H,4-7,11-12,16-18,20-21H2,1-3H3,(H,33,34)(H,35,36);;/q;+1;-1/t25?,29-;;/m0../s1. The fraction of sp³-hybridized carbons (Fsp3) is 0.548. The van der Waals surface area contributed by atoms with Crippen molar-refractivity contribution in [1.29, 1.82) is 0 Å². The first-order chi connectivity index (χ1) is 19.1. The van der Waals surface area contributed by atoms with Gasteiger partial charge in [-0.3, -0.25) is 4.79 Å². The van der Waals surface area contributed by atoms with Gasteiger partial charge in [0, 0.05) is 23.9 Å². The number of sulfone groups is 1. The Morgan fingerprint density at radius 2 is 1.80 bits per heavy atom. The van der Waals surface area contributed by atoms with E-state index in [0.717, 1.165) is 41.5 Å². The normalized spacial score (nSPS) is 15.5. The first-order valence-electron chi connectivity index (χ1n) is 14.3. The maximum atomic E-state index is 13.4. The van der Waals surface area contributed by atoms with Gasteiger partial charge in [-0.25, -0.2) is 13.2 Å². The number of benzene rings is 2. The zero-order valence-corrected chi connectivity index (χ0v) is 26.6. The summed E-state index contributed by atoms with van der Waals surface area (Å²) < 4.78 is 25.1. The molecule has 41 heavy (non-hydrogen) atoms. The summed E-state index contributed by atoms with van der Waals surface area (Å²) in [6, 6.07) is 12.3. The van der Waals surface area contributed by atoms with E-state index in [9.17, 15) is 23.1 Å². The van der Waals surface area contributed by atoms with Crippen molar-refractivity contribution >= 4 is 33.5 Å². The zero-order valence-electron chi connectivity index (χ0n) is 25.9. The van der Waals surface area contributed by atoms with Gasteiger partial charge < -0.3 is 17.2 Å². The smallest absolute Gasteiger partial charge is 1.00 e. The van der Waals surface area contributed by atoms with E-state index in [-0.39, 0.29) is 37.8 Å². The van der Waals surface area contributed by atoms with E-state index in [1.165, 1.54) is 31.0 Å². The Balaban J connectivity index is 0.00000441. The maximum Gasteiger partial charge on any atom is 1.00 e. The van der Waals surface area contributed by atoms with Crippen LogP contribution in [0.2, 0.25) is 0 Å². The van der Waals surface area contributed by atoms with Gasteiger partial charge in [-0.15, -0.1) is 0 Å². The number of hydrogen-bond acceptors (Lipinski definition) is 6. The summed E-state index contributed by atoms with van der Waals surface area (Å²) in [4.78, 5) is 25.1. The summed E-state index contributed by atoms with van der Waals surface area (Å²) in [6.07, 6.45) is 9.07. The first-order valence-corrected chi connectivity index (χ1v) is 17.5. The Morgan fingerprint density at radius 3 is 2.44 bits per heavy atom. The van der Waals surface area contributed by atoms with Crippen LogP contribution in [0.1, 0.15) is 74.8 Å². The Morgan fingerprint density at radius 1 is 1.10 bits per heavy atom. The molecule has 222 valence electrons. The van der Waals surface area contributed by atoms with Gasteiger partial charge in [0.25, 0.3) is 5.91 Å². The molecule has 0 bridgehead atoms. The van der Waals surface area contributed by atoms with Crippen molar-refractivity contribution in [2.45, 2.75) is 77.4 Å². The molecule has 2 atom stereocenters. The summed E-state index contributed by atoms with van der Waals surface area (Å²) >= 11 is 1.54. The Labute approximate surface area is 263 Å². The number of carboxylic acids is 1. The molecule has 1 saturated carbocycles. The van der Waals surface area contributed by atoms with Crippen molar-refractivity contribution in [3.63, 3.8) is 0 Å². The number of aryl methyl sites for hydroxylation is 1. The number of carboxylic acid groups (broad SMARTS) is 1. The molecule has 2 aromatic rings. The number of thioether (sulfide) groups is 1. The van der Waals surface area contributed by atoms with Crippen LogP contribution in [-0.4, -0.2) is 61.0 Å². The van der Waals surface area contributed by atoms with Crippen LogP contribution in [0.15, 0.2) is 42.5 Å². The SMILES string of the molecule is CCS(=O)(=O)CC(CC1CCCCC1)NCc1ccc(C(=O)N[C@@H](CCSC)C(=O)O)c(-c2ccccc2C)c1.[H-].[Li+]. The molecule has 3 rings (SSSR count). The number of aliphatic carboxylic acids is 1. The van der Waals surface area contributed by atoms with Gasteiger partial charge in [-0.2, -0.15) is 11.8 Å². The van der Waals surface area contributed by atoms with Crippen LogP contribution in [0, 0.1) is 12.8 Å². The molecule has 10 heteroatoms. The number of amides is 1. The summed E-state index contributed by atoms with van der Waals surface area (Å²) in [6.45, 7) is 4.15. The van der Waals surface area contributed by atoms with Gasteiger partial charge in [0.15, 0.2) is 9.84 Å². The molecule has 0 aliphatic heterocycles. The van der Waals surface area contributed by atoms with Gasteiger partial charge >= 0.3 is 24.8 Å². The predicted molar refractivity (Wildman–Crippen MR) is 166 cm³/mol. The zero-order chi connectivity index (χ0) is 29.1. The Bertz CT molecular complexity index is 1260. The molecule has 3 N–H and O–H groups in total. The minimum Gasteiger partial charge on any atom is -1.00 e. The number of hydrogen-bond donors (Lipinski definition) is 3. The molecule has 1 unspecified atom stereocenters. The van der Waals surface area contributed by atoms with Crippen LogP contribution in [0.3, 0.4) is 0 Å². The fourth-order valence-electron chi connectivity index (χ4n) is 5.45. The van der Waals surface area contributed by atoms with E-state index < -0.39 is 27.8 Å². The molecule has 1 aliphatic carbocycles. The summed E-state index contributed by atoms with van der Waals surface area (Å²) in [7, 11) is -3.14. The topological polar surface area (TPSA) is 113 Å².